The number of aryl methyl sites for hydroxylation is 1. The molecule has 2 N–H and O–H groups in total. The molecule has 0 saturated heterocycles. The van der Waals surface area contributed by atoms with Crippen molar-refractivity contribution in [3.63, 3.8) is 0 Å². The van der Waals surface area contributed by atoms with Gasteiger partial charge < -0.3 is 5.32 Å². The summed E-state index contributed by atoms with van der Waals surface area (Å²) in [5.74, 6) is 2.26. The smallest absolute Gasteiger partial charge is 0.321 e. The summed E-state index contributed by atoms with van der Waals surface area (Å²) in [6, 6.07) is 6.94. The van der Waals surface area contributed by atoms with Gasteiger partial charge in [0.05, 0.1) is 16.7 Å². The molecule has 9 nitrogen and oxygen atoms in total. The minimum atomic E-state index is -0.397. The molecular formula is C25H30N6O3S. The van der Waals surface area contributed by atoms with Crippen molar-refractivity contribution in [3.05, 3.63) is 34.6 Å². The predicted molar refractivity (Wildman–Crippen MR) is 133 cm³/mol. The van der Waals surface area contributed by atoms with E-state index in [1.54, 1.807) is 10.6 Å². The Bertz CT molecular complexity index is 1340. The fourth-order valence-electron chi connectivity index (χ4n) is 7.08. The monoisotopic (exact) mass is 494 g/mol. The van der Waals surface area contributed by atoms with Gasteiger partial charge in [0.1, 0.15) is 0 Å². The summed E-state index contributed by atoms with van der Waals surface area (Å²) < 4.78 is 3.44. The van der Waals surface area contributed by atoms with Crippen molar-refractivity contribution >= 4 is 40.4 Å². The minimum absolute atomic E-state index is 0.0241. The number of urea groups is 1. The van der Waals surface area contributed by atoms with E-state index in [4.69, 9.17) is 0 Å². The zero-order chi connectivity index (χ0) is 24.2. The third kappa shape index (κ3) is 4.01. The minimum Gasteiger partial charge on any atom is -0.332 e. The normalized spacial score (nSPS) is 26.9. The number of aromatic nitrogens is 4. The first-order chi connectivity index (χ1) is 16.9. The number of hydrogen-bond donors (Lipinski definition) is 2. The van der Waals surface area contributed by atoms with Crippen LogP contribution in [0, 0.1) is 17.8 Å². The van der Waals surface area contributed by atoms with Gasteiger partial charge in [0.25, 0.3) is 5.56 Å². The summed E-state index contributed by atoms with van der Waals surface area (Å²) >= 11 is 1.21. The van der Waals surface area contributed by atoms with E-state index in [0.29, 0.717) is 46.1 Å². The molecule has 0 unspecified atom stereocenters. The van der Waals surface area contributed by atoms with Gasteiger partial charge in [0.15, 0.2) is 5.16 Å². The van der Waals surface area contributed by atoms with Crippen molar-refractivity contribution in [1.82, 2.24) is 29.8 Å². The van der Waals surface area contributed by atoms with E-state index in [9.17, 15) is 14.4 Å². The van der Waals surface area contributed by atoms with E-state index in [0.717, 1.165) is 25.7 Å². The summed E-state index contributed by atoms with van der Waals surface area (Å²) in [7, 11) is 0. The largest absolute Gasteiger partial charge is 0.332 e. The number of benzene rings is 1. The van der Waals surface area contributed by atoms with Crippen molar-refractivity contribution < 1.29 is 9.59 Å². The first-order valence-electron chi connectivity index (χ1n) is 12.6. The zero-order valence-corrected chi connectivity index (χ0v) is 20.6. The highest BCUT2D eigenvalue weighted by molar-refractivity contribution is 7.99. The van der Waals surface area contributed by atoms with E-state index in [1.807, 2.05) is 29.5 Å². The molecule has 35 heavy (non-hydrogen) atoms. The maximum absolute atomic E-state index is 13.0. The average Bonchev–Trinajstić information content (AvgIpc) is 3.23. The second kappa shape index (κ2) is 8.65. The molecule has 4 aliphatic carbocycles. The van der Waals surface area contributed by atoms with Crippen LogP contribution in [0.4, 0.5) is 4.79 Å². The fraction of sp³-hybridized carbons (Fsp3) is 0.560. The molecular weight excluding hydrogens is 464 g/mol. The molecule has 4 aliphatic rings. The summed E-state index contributed by atoms with van der Waals surface area (Å²) in [4.78, 5) is 38.3. The molecule has 4 bridgehead atoms. The molecule has 1 aromatic carbocycles. The van der Waals surface area contributed by atoms with Crippen LogP contribution < -0.4 is 16.2 Å². The van der Waals surface area contributed by atoms with E-state index in [1.165, 1.54) is 31.0 Å². The Kier molecular flexibility index (Phi) is 5.58. The number of amides is 3. The van der Waals surface area contributed by atoms with Crippen LogP contribution in [0.2, 0.25) is 0 Å². The van der Waals surface area contributed by atoms with Crippen LogP contribution in [0.15, 0.2) is 34.2 Å². The number of nitrogens with one attached hydrogen (secondary N) is 2. The topological polar surface area (TPSA) is 110 Å². The van der Waals surface area contributed by atoms with Crippen LogP contribution in [-0.4, -0.2) is 42.4 Å². The third-order valence-electron chi connectivity index (χ3n) is 7.93. The number of imide groups is 1. The van der Waals surface area contributed by atoms with Crippen LogP contribution in [0.25, 0.3) is 16.7 Å². The molecule has 0 radical (unpaired) electrons. The SMILES string of the molecule is CCCn1c(=O)c2ccccc2n2c(SCC(=O)NC(=O)NC34CC5CC(CC(C5)C3)C4)nnc12. The molecule has 2 heterocycles. The Balaban J connectivity index is 1.16. The second-order valence-electron chi connectivity index (χ2n) is 10.6. The summed E-state index contributed by atoms with van der Waals surface area (Å²) in [6.07, 6.45) is 7.78. The maximum Gasteiger partial charge on any atom is 0.321 e. The average molecular weight is 495 g/mol. The van der Waals surface area contributed by atoms with Crippen LogP contribution in [0.3, 0.4) is 0 Å². The Morgan fingerprint density at radius 3 is 2.46 bits per heavy atom. The molecule has 0 aliphatic heterocycles. The van der Waals surface area contributed by atoms with Gasteiger partial charge in [-0.2, -0.15) is 0 Å². The van der Waals surface area contributed by atoms with Gasteiger partial charge in [-0.1, -0.05) is 30.8 Å². The molecule has 7 rings (SSSR count). The van der Waals surface area contributed by atoms with Gasteiger partial charge in [-0.25, -0.2) is 4.79 Å². The molecule has 3 aromatic rings. The summed E-state index contributed by atoms with van der Waals surface area (Å²) in [5, 5.41) is 15.3. The lowest BCUT2D eigenvalue weighted by Gasteiger charge is -2.56. The summed E-state index contributed by atoms with van der Waals surface area (Å²) in [6.45, 7) is 2.53. The standard InChI is InChI=1S/C25H30N6O3S/c1-2-7-30-21(33)18-5-3-4-6-19(18)31-23(30)28-29-24(31)35-14-20(32)26-22(34)27-25-11-15-8-16(12-25)10-17(9-15)13-25/h3-6,15-17H,2,7-14H2,1H3,(H2,26,27,32,34). The quantitative estimate of drug-likeness (QED) is 0.509. The van der Waals surface area contributed by atoms with Crippen LogP contribution in [0.1, 0.15) is 51.9 Å². The number of rotatable bonds is 6. The van der Waals surface area contributed by atoms with E-state index in [-0.39, 0.29) is 22.8 Å². The molecule has 10 heteroatoms. The van der Waals surface area contributed by atoms with Gasteiger partial charge in [-0.05, 0) is 74.8 Å². The first-order valence-corrected chi connectivity index (χ1v) is 13.5. The van der Waals surface area contributed by atoms with Crippen molar-refractivity contribution in [2.45, 2.75) is 69.1 Å². The van der Waals surface area contributed by atoms with Crippen molar-refractivity contribution in [2.24, 2.45) is 17.8 Å². The van der Waals surface area contributed by atoms with Gasteiger partial charge in [-0.15, -0.1) is 10.2 Å². The lowest BCUT2D eigenvalue weighted by Crippen LogP contribution is -2.61. The zero-order valence-electron chi connectivity index (χ0n) is 19.8. The highest BCUT2D eigenvalue weighted by Gasteiger charge is 2.51. The third-order valence-corrected chi connectivity index (χ3v) is 8.86. The van der Waals surface area contributed by atoms with Gasteiger partial charge in [0, 0.05) is 12.1 Å². The molecule has 184 valence electrons. The van der Waals surface area contributed by atoms with Gasteiger partial charge in [-0.3, -0.25) is 23.9 Å². The predicted octanol–water partition coefficient (Wildman–Crippen LogP) is 3.34. The summed E-state index contributed by atoms with van der Waals surface area (Å²) in [5.41, 5.74) is 0.461. The van der Waals surface area contributed by atoms with E-state index < -0.39 is 6.03 Å². The number of carbonyl (C=O) groups excluding carboxylic acids is 2. The van der Waals surface area contributed by atoms with Crippen molar-refractivity contribution in [2.75, 3.05) is 5.75 Å². The molecule has 2 aromatic heterocycles. The Morgan fingerprint density at radius 2 is 1.77 bits per heavy atom. The Labute approximate surface area is 207 Å². The van der Waals surface area contributed by atoms with Crippen LogP contribution in [0.5, 0.6) is 0 Å². The number of fused-ring (bicyclic) bond motifs is 3. The van der Waals surface area contributed by atoms with Crippen LogP contribution >= 0.6 is 11.8 Å². The first kappa shape index (κ1) is 22.6. The lowest BCUT2D eigenvalue weighted by atomic mass is 9.53. The highest BCUT2D eigenvalue weighted by Crippen LogP contribution is 2.55. The van der Waals surface area contributed by atoms with E-state index in [2.05, 4.69) is 20.8 Å². The van der Waals surface area contributed by atoms with Gasteiger partial charge in [0.2, 0.25) is 11.7 Å². The molecule has 4 saturated carbocycles. The van der Waals surface area contributed by atoms with E-state index >= 15 is 0 Å². The maximum atomic E-state index is 13.0. The molecule has 3 amide bonds. The number of carbonyl (C=O) groups is 2. The number of para-hydroxylation sites is 1. The lowest BCUT2D eigenvalue weighted by molar-refractivity contribution is -0.117. The number of nitrogens with zero attached hydrogens (tertiary/aromatic N) is 4. The number of thioether (sulfide) groups is 1. The van der Waals surface area contributed by atoms with Gasteiger partial charge >= 0.3 is 6.03 Å². The fourth-order valence-corrected chi connectivity index (χ4v) is 7.82. The van der Waals surface area contributed by atoms with Crippen LogP contribution in [-0.2, 0) is 11.3 Å². The Hall–Kier alpha value is -2.88. The van der Waals surface area contributed by atoms with Crippen molar-refractivity contribution in [1.29, 1.82) is 0 Å². The second-order valence-corrected chi connectivity index (χ2v) is 11.5. The molecule has 0 spiro atoms. The molecule has 4 fully saturated rings. The van der Waals surface area contributed by atoms with Crippen molar-refractivity contribution in [3.8, 4) is 0 Å². The molecule has 0 atom stereocenters. The highest BCUT2D eigenvalue weighted by atomic mass is 32.2. The number of hydrogen-bond acceptors (Lipinski definition) is 6. The Morgan fingerprint density at radius 1 is 1.09 bits per heavy atom.